The summed E-state index contributed by atoms with van der Waals surface area (Å²) in [7, 11) is 0. The number of hydrogen-bond donors (Lipinski definition) is 2. The zero-order valence-corrected chi connectivity index (χ0v) is 10.9. The van der Waals surface area contributed by atoms with Crippen molar-refractivity contribution >= 4 is 0 Å². The van der Waals surface area contributed by atoms with Crippen molar-refractivity contribution in [2.75, 3.05) is 13.1 Å². The number of furan rings is 1. The van der Waals surface area contributed by atoms with E-state index in [1.165, 1.54) is 5.56 Å². The van der Waals surface area contributed by atoms with Crippen LogP contribution in [0, 0.1) is 6.92 Å². The van der Waals surface area contributed by atoms with Crippen molar-refractivity contribution in [2.45, 2.75) is 46.2 Å². The Morgan fingerprint density at radius 3 is 2.56 bits per heavy atom. The Morgan fingerprint density at radius 1 is 1.25 bits per heavy atom. The van der Waals surface area contributed by atoms with Crippen LogP contribution in [0.3, 0.4) is 0 Å². The maximum atomic E-state index is 5.24. The lowest BCUT2D eigenvalue weighted by Crippen LogP contribution is -2.37. The predicted molar refractivity (Wildman–Crippen MR) is 67.5 cm³/mol. The van der Waals surface area contributed by atoms with Gasteiger partial charge in [0.05, 0.1) is 6.26 Å². The van der Waals surface area contributed by atoms with E-state index in [2.05, 4.69) is 37.5 Å². The zero-order chi connectivity index (χ0) is 12.0. The summed E-state index contributed by atoms with van der Waals surface area (Å²) in [6.07, 6.45) is 2.96. The lowest BCUT2D eigenvalue weighted by Gasteiger charge is -2.20. The van der Waals surface area contributed by atoms with Crippen LogP contribution in [-0.4, -0.2) is 18.6 Å². The largest absolute Gasteiger partial charge is 0.469 e. The molecule has 1 rings (SSSR count). The van der Waals surface area contributed by atoms with Gasteiger partial charge in [0.25, 0.3) is 0 Å². The molecule has 0 amide bonds. The molecule has 0 saturated carbocycles. The summed E-state index contributed by atoms with van der Waals surface area (Å²) in [5.74, 6) is 0.978. The molecule has 3 nitrogen and oxygen atoms in total. The summed E-state index contributed by atoms with van der Waals surface area (Å²) in [6.45, 7) is 11.5. The van der Waals surface area contributed by atoms with Crippen LogP contribution >= 0.6 is 0 Å². The second kappa shape index (κ2) is 6.06. The van der Waals surface area contributed by atoms with Crippen molar-refractivity contribution < 1.29 is 4.42 Å². The Bertz CT molecular complexity index is 299. The average Bonchev–Trinajstić information content (AvgIpc) is 2.56. The van der Waals surface area contributed by atoms with E-state index in [1.807, 2.05) is 13.2 Å². The molecule has 0 aliphatic rings. The van der Waals surface area contributed by atoms with Crippen molar-refractivity contribution in [3.63, 3.8) is 0 Å². The molecule has 0 aliphatic heterocycles. The van der Waals surface area contributed by atoms with Gasteiger partial charge in [-0.15, -0.1) is 0 Å². The van der Waals surface area contributed by atoms with Crippen LogP contribution in [0.25, 0.3) is 0 Å². The van der Waals surface area contributed by atoms with Crippen molar-refractivity contribution in [3.05, 3.63) is 23.7 Å². The van der Waals surface area contributed by atoms with Gasteiger partial charge < -0.3 is 15.1 Å². The molecular weight excluding hydrogens is 200 g/mol. The fourth-order valence-electron chi connectivity index (χ4n) is 1.50. The van der Waals surface area contributed by atoms with Crippen LogP contribution < -0.4 is 10.6 Å². The molecule has 92 valence electrons. The molecule has 1 aromatic heterocycles. The van der Waals surface area contributed by atoms with E-state index in [9.17, 15) is 0 Å². The van der Waals surface area contributed by atoms with E-state index in [-0.39, 0.29) is 5.54 Å². The number of nitrogens with one attached hydrogen (secondary N) is 2. The second-order valence-electron chi connectivity index (χ2n) is 5.27. The van der Waals surface area contributed by atoms with Gasteiger partial charge >= 0.3 is 0 Å². The summed E-state index contributed by atoms with van der Waals surface area (Å²) < 4.78 is 5.24. The van der Waals surface area contributed by atoms with Crippen LogP contribution in [0.4, 0.5) is 0 Å². The highest BCUT2D eigenvalue weighted by molar-refractivity contribution is 5.10. The average molecular weight is 224 g/mol. The second-order valence-corrected chi connectivity index (χ2v) is 5.27. The van der Waals surface area contributed by atoms with Gasteiger partial charge in [-0.25, -0.2) is 0 Å². The minimum absolute atomic E-state index is 0.224. The van der Waals surface area contributed by atoms with Crippen molar-refractivity contribution in [2.24, 2.45) is 0 Å². The summed E-state index contributed by atoms with van der Waals surface area (Å²) in [6, 6.07) is 2.07. The molecule has 0 saturated heterocycles. The quantitative estimate of drug-likeness (QED) is 0.729. The standard InChI is InChI=1S/C13H24N2O/c1-11-8-12(10-16-11)9-14-6-5-7-15-13(2,3)4/h8,10,14-15H,5-7,9H2,1-4H3. The molecule has 0 bridgehead atoms. The molecule has 0 unspecified atom stereocenters. The van der Waals surface area contributed by atoms with Gasteiger partial charge in [0, 0.05) is 17.6 Å². The van der Waals surface area contributed by atoms with Gasteiger partial charge in [0.15, 0.2) is 0 Å². The predicted octanol–water partition coefficient (Wildman–Crippen LogP) is 2.46. The molecule has 16 heavy (non-hydrogen) atoms. The molecule has 0 spiro atoms. The highest BCUT2D eigenvalue weighted by Gasteiger charge is 2.06. The Labute approximate surface area is 98.6 Å². The summed E-state index contributed by atoms with van der Waals surface area (Å²) in [5, 5.41) is 6.87. The molecule has 3 heteroatoms. The number of aryl methyl sites for hydroxylation is 1. The molecule has 2 N–H and O–H groups in total. The highest BCUT2D eigenvalue weighted by Crippen LogP contribution is 2.05. The Hall–Kier alpha value is -0.800. The molecule has 0 radical (unpaired) electrons. The van der Waals surface area contributed by atoms with E-state index in [4.69, 9.17) is 4.42 Å². The molecular formula is C13H24N2O. The van der Waals surface area contributed by atoms with E-state index in [1.54, 1.807) is 0 Å². The van der Waals surface area contributed by atoms with E-state index >= 15 is 0 Å². The lowest BCUT2D eigenvalue weighted by molar-refractivity contribution is 0.418. The first kappa shape index (κ1) is 13.3. The lowest BCUT2D eigenvalue weighted by atomic mass is 10.1. The fourth-order valence-corrected chi connectivity index (χ4v) is 1.50. The van der Waals surface area contributed by atoms with Gasteiger partial charge in [0.2, 0.25) is 0 Å². The summed E-state index contributed by atoms with van der Waals surface area (Å²) in [5.41, 5.74) is 1.45. The monoisotopic (exact) mass is 224 g/mol. The summed E-state index contributed by atoms with van der Waals surface area (Å²) >= 11 is 0. The van der Waals surface area contributed by atoms with Crippen LogP contribution in [0.15, 0.2) is 16.7 Å². The smallest absolute Gasteiger partial charge is 0.101 e. The van der Waals surface area contributed by atoms with E-state index < -0.39 is 0 Å². The normalized spacial score (nSPS) is 12.0. The van der Waals surface area contributed by atoms with Crippen LogP contribution in [0.5, 0.6) is 0 Å². The van der Waals surface area contributed by atoms with Gasteiger partial charge in [-0.1, -0.05) is 0 Å². The third-order valence-electron chi connectivity index (χ3n) is 2.30. The Morgan fingerprint density at radius 2 is 2.00 bits per heavy atom. The number of rotatable bonds is 6. The van der Waals surface area contributed by atoms with Crippen LogP contribution in [-0.2, 0) is 6.54 Å². The van der Waals surface area contributed by atoms with Crippen molar-refractivity contribution in [3.8, 4) is 0 Å². The molecule has 0 aliphatic carbocycles. The zero-order valence-electron chi connectivity index (χ0n) is 10.9. The third kappa shape index (κ3) is 5.93. The first-order chi connectivity index (χ1) is 7.47. The SMILES string of the molecule is Cc1cc(CNCCCNC(C)(C)C)co1. The minimum atomic E-state index is 0.224. The maximum absolute atomic E-state index is 5.24. The van der Waals surface area contributed by atoms with Crippen LogP contribution in [0.2, 0.25) is 0 Å². The van der Waals surface area contributed by atoms with Crippen molar-refractivity contribution in [1.82, 2.24) is 10.6 Å². The fraction of sp³-hybridized carbons (Fsp3) is 0.692. The molecule has 1 heterocycles. The van der Waals surface area contributed by atoms with Gasteiger partial charge in [-0.2, -0.15) is 0 Å². The first-order valence-electron chi connectivity index (χ1n) is 5.97. The van der Waals surface area contributed by atoms with Gasteiger partial charge in [0.1, 0.15) is 5.76 Å². The Balaban J connectivity index is 2.00. The highest BCUT2D eigenvalue weighted by atomic mass is 16.3. The van der Waals surface area contributed by atoms with Crippen LogP contribution in [0.1, 0.15) is 38.5 Å². The van der Waals surface area contributed by atoms with E-state index in [0.29, 0.717) is 0 Å². The molecule has 1 aromatic rings. The molecule has 0 atom stereocenters. The van der Waals surface area contributed by atoms with Crippen molar-refractivity contribution in [1.29, 1.82) is 0 Å². The van der Waals surface area contributed by atoms with E-state index in [0.717, 1.165) is 31.8 Å². The summed E-state index contributed by atoms with van der Waals surface area (Å²) in [4.78, 5) is 0. The topological polar surface area (TPSA) is 37.2 Å². The third-order valence-corrected chi connectivity index (χ3v) is 2.30. The van der Waals surface area contributed by atoms with Gasteiger partial charge in [-0.05, 0) is 53.3 Å². The molecule has 0 aromatic carbocycles. The maximum Gasteiger partial charge on any atom is 0.101 e. The first-order valence-corrected chi connectivity index (χ1v) is 5.97. The Kier molecular flexibility index (Phi) is 5.03. The van der Waals surface area contributed by atoms with Gasteiger partial charge in [-0.3, -0.25) is 0 Å². The minimum Gasteiger partial charge on any atom is -0.469 e. The number of hydrogen-bond acceptors (Lipinski definition) is 3. The molecule has 0 fully saturated rings.